The van der Waals surface area contributed by atoms with Crippen LogP contribution in [-0.2, 0) is 14.2 Å². The number of hydrogen-bond acceptors (Lipinski definition) is 5. The third-order valence-electron chi connectivity index (χ3n) is 3.98. The molecule has 0 spiro atoms. The number of hydrogen-bond donors (Lipinski definition) is 2. The van der Waals surface area contributed by atoms with E-state index in [0.29, 0.717) is 18.6 Å². The molecule has 0 saturated carbocycles. The summed E-state index contributed by atoms with van der Waals surface area (Å²) in [4.78, 5) is 0. The number of rotatable bonds is 14. The molecule has 0 amide bonds. The van der Waals surface area contributed by atoms with Crippen LogP contribution in [-0.4, -0.2) is 55.1 Å². The van der Waals surface area contributed by atoms with Gasteiger partial charge in [-0.05, 0) is 12.8 Å². The number of unbranched alkanes of at least 4 members (excludes halogenated alkanes) is 8. The summed E-state index contributed by atoms with van der Waals surface area (Å²) in [6.45, 7) is 5.50. The summed E-state index contributed by atoms with van der Waals surface area (Å²) in [7, 11) is 0. The molecule has 5 nitrogen and oxygen atoms in total. The Morgan fingerprint density at radius 3 is 1.65 bits per heavy atom. The lowest BCUT2D eigenvalue weighted by Crippen LogP contribution is -2.06. The first-order chi connectivity index (χ1) is 11.2. The van der Waals surface area contributed by atoms with Crippen LogP contribution in [0.5, 0.6) is 0 Å². The van der Waals surface area contributed by atoms with Crippen molar-refractivity contribution in [2.24, 2.45) is 0 Å². The third kappa shape index (κ3) is 16.4. The monoisotopic (exact) mass is 332 g/mol. The minimum absolute atomic E-state index is 0.392. The summed E-state index contributed by atoms with van der Waals surface area (Å²) in [5.74, 6) is 0. The average molecular weight is 332 g/mol. The lowest BCUT2D eigenvalue weighted by Gasteiger charge is -2.03. The van der Waals surface area contributed by atoms with E-state index in [1.807, 2.05) is 0 Å². The van der Waals surface area contributed by atoms with Crippen molar-refractivity contribution >= 4 is 0 Å². The molecule has 2 saturated heterocycles. The highest BCUT2D eigenvalue weighted by atomic mass is 16.6. The third-order valence-corrected chi connectivity index (χ3v) is 3.98. The van der Waals surface area contributed by atoms with Crippen LogP contribution in [0.3, 0.4) is 0 Å². The predicted octanol–water partition coefficient (Wildman–Crippen LogP) is 3.02. The maximum absolute atomic E-state index is 8.61. The van der Waals surface area contributed by atoms with E-state index in [9.17, 15) is 0 Å². The highest BCUT2D eigenvalue weighted by molar-refractivity contribution is 4.71. The number of epoxide rings is 2. The minimum Gasteiger partial charge on any atom is -0.376 e. The molecule has 0 radical (unpaired) electrons. The highest BCUT2D eigenvalue weighted by Gasteiger charge is 2.26. The standard InChI is InChI=1S/C12H26O2.C6H10O3/c1-2-3-4-5-6-7-8-9-10-11-12(13)14;1(5-3-8-5)7-2-6-4-9-6/h12-14H,2-11H2,1H3;5-6H,1-4H2. The van der Waals surface area contributed by atoms with Gasteiger partial charge >= 0.3 is 0 Å². The van der Waals surface area contributed by atoms with E-state index in [4.69, 9.17) is 24.4 Å². The molecule has 5 heteroatoms. The van der Waals surface area contributed by atoms with E-state index >= 15 is 0 Å². The highest BCUT2D eigenvalue weighted by Crippen LogP contribution is 2.12. The van der Waals surface area contributed by atoms with Crippen molar-refractivity contribution in [1.29, 1.82) is 0 Å². The Kier molecular flexibility index (Phi) is 12.8. The first-order valence-electron chi connectivity index (χ1n) is 9.39. The fourth-order valence-corrected chi connectivity index (χ4v) is 2.30. The van der Waals surface area contributed by atoms with E-state index in [2.05, 4.69) is 6.92 Å². The van der Waals surface area contributed by atoms with Gasteiger partial charge in [-0.2, -0.15) is 0 Å². The SMILES string of the molecule is C(OCC1CO1)C1CO1.CCCCCCCCCCCC(O)O. The molecule has 0 aromatic carbocycles. The Labute approximate surface area is 141 Å². The van der Waals surface area contributed by atoms with Crippen molar-refractivity contribution in [1.82, 2.24) is 0 Å². The van der Waals surface area contributed by atoms with Crippen LogP contribution in [0.1, 0.15) is 71.1 Å². The van der Waals surface area contributed by atoms with E-state index in [0.717, 1.165) is 39.3 Å². The van der Waals surface area contributed by atoms with E-state index < -0.39 is 6.29 Å². The van der Waals surface area contributed by atoms with Gasteiger partial charge in [-0.1, -0.05) is 58.3 Å². The average Bonchev–Trinajstić information content (AvgIpc) is 3.41. The van der Waals surface area contributed by atoms with Gasteiger partial charge in [-0.3, -0.25) is 0 Å². The Morgan fingerprint density at radius 2 is 1.26 bits per heavy atom. The predicted molar refractivity (Wildman–Crippen MR) is 90.4 cm³/mol. The first-order valence-corrected chi connectivity index (χ1v) is 9.39. The largest absolute Gasteiger partial charge is 0.376 e. The normalized spacial score (nSPS) is 21.9. The van der Waals surface area contributed by atoms with Crippen molar-refractivity contribution in [2.45, 2.75) is 89.6 Å². The second-order valence-electron chi connectivity index (χ2n) is 6.55. The van der Waals surface area contributed by atoms with Gasteiger partial charge < -0.3 is 24.4 Å². The maximum atomic E-state index is 8.61. The van der Waals surface area contributed by atoms with Gasteiger partial charge in [-0.15, -0.1) is 0 Å². The lowest BCUT2D eigenvalue weighted by atomic mass is 10.1. The van der Waals surface area contributed by atoms with Crippen LogP contribution in [0.4, 0.5) is 0 Å². The van der Waals surface area contributed by atoms with E-state index in [-0.39, 0.29) is 0 Å². The van der Waals surface area contributed by atoms with Gasteiger partial charge in [0.1, 0.15) is 12.2 Å². The minimum atomic E-state index is -1.10. The van der Waals surface area contributed by atoms with Crippen LogP contribution in [0.2, 0.25) is 0 Å². The summed E-state index contributed by atoms with van der Waals surface area (Å²) in [5, 5.41) is 17.2. The second kappa shape index (κ2) is 14.2. The molecule has 2 rings (SSSR count). The zero-order valence-corrected chi connectivity index (χ0v) is 14.8. The lowest BCUT2D eigenvalue weighted by molar-refractivity contribution is -0.0466. The van der Waals surface area contributed by atoms with E-state index in [1.165, 1.54) is 44.9 Å². The fraction of sp³-hybridized carbons (Fsp3) is 1.00. The van der Waals surface area contributed by atoms with E-state index in [1.54, 1.807) is 0 Å². The molecule has 2 N–H and O–H groups in total. The zero-order valence-electron chi connectivity index (χ0n) is 14.8. The van der Waals surface area contributed by atoms with Gasteiger partial charge in [-0.25, -0.2) is 0 Å². The summed E-state index contributed by atoms with van der Waals surface area (Å²) >= 11 is 0. The van der Waals surface area contributed by atoms with Gasteiger partial charge in [0.05, 0.1) is 26.4 Å². The molecular formula is C18H36O5. The van der Waals surface area contributed by atoms with Crippen LogP contribution in [0.15, 0.2) is 0 Å². The Hall–Kier alpha value is -0.200. The van der Waals surface area contributed by atoms with Gasteiger partial charge in [0.25, 0.3) is 0 Å². The van der Waals surface area contributed by atoms with Gasteiger partial charge in [0.15, 0.2) is 6.29 Å². The summed E-state index contributed by atoms with van der Waals surface area (Å²) in [6.07, 6.45) is 11.7. The summed E-state index contributed by atoms with van der Waals surface area (Å²) in [6, 6.07) is 0. The van der Waals surface area contributed by atoms with Crippen LogP contribution >= 0.6 is 0 Å². The molecule has 2 aliphatic rings. The Balaban J connectivity index is 0.000000248. The molecule has 0 aromatic rings. The van der Waals surface area contributed by atoms with Crippen molar-refractivity contribution in [3.05, 3.63) is 0 Å². The Morgan fingerprint density at radius 1 is 0.826 bits per heavy atom. The second-order valence-corrected chi connectivity index (χ2v) is 6.55. The quantitative estimate of drug-likeness (QED) is 0.290. The van der Waals surface area contributed by atoms with Gasteiger partial charge in [0, 0.05) is 0 Å². The number of aliphatic hydroxyl groups is 2. The molecule has 0 aromatic heterocycles. The topological polar surface area (TPSA) is 74.8 Å². The van der Waals surface area contributed by atoms with Crippen LogP contribution < -0.4 is 0 Å². The fourth-order valence-electron chi connectivity index (χ4n) is 2.30. The molecule has 2 unspecified atom stereocenters. The smallest absolute Gasteiger partial charge is 0.151 e. The molecule has 0 aliphatic carbocycles. The first kappa shape index (κ1) is 20.8. The Bertz CT molecular complexity index is 240. The maximum Gasteiger partial charge on any atom is 0.151 e. The summed E-state index contributed by atoms with van der Waals surface area (Å²) < 4.78 is 15.1. The molecule has 2 atom stereocenters. The zero-order chi connectivity index (χ0) is 16.8. The van der Waals surface area contributed by atoms with Gasteiger partial charge in [0.2, 0.25) is 0 Å². The molecule has 2 fully saturated rings. The molecular weight excluding hydrogens is 296 g/mol. The molecule has 0 bridgehead atoms. The molecule has 138 valence electrons. The van der Waals surface area contributed by atoms with Crippen molar-refractivity contribution in [2.75, 3.05) is 26.4 Å². The summed E-state index contributed by atoms with van der Waals surface area (Å²) in [5.41, 5.74) is 0. The molecule has 2 heterocycles. The molecule has 23 heavy (non-hydrogen) atoms. The van der Waals surface area contributed by atoms with Crippen LogP contribution in [0.25, 0.3) is 0 Å². The van der Waals surface area contributed by atoms with Crippen molar-refractivity contribution < 1.29 is 24.4 Å². The van der Waals surface area contributed by atoms with Crippen molar-refractivity contribution in [3.63, 3.8) is 0 Å². The number of aliphatic hydroxyl groups excluding tert-OH is 1. The van der Waals surface area contributed by atoms with Crippen molar-refractivity contribution in [3.8, 4) is 0 Å². The molecule has 2 aliphatic heterocycles. The van der Waals surface area contributed by atoms with Crippen LogP contribution in [0, 0.1) is 0 Å². The number of ether oxygens (including phenoxy) is 3.